The molecule has 6 nitrogen and oxygen atoms in total. The van der Waals surface area contributed by atoms with Gasteiger partial charge in [-0.2, -0.15) is 0 Å². The molecule has 0 aliphatic rings. The summed E-state index contributed by atoms with van der Waals surface area (Å²) >= 11 is 6.07. The van der Waals surface area contributed by atoms with Gasteiger partial charge in [-0.15, -0.1) is 10.2 Å². The summed E-state index contributed by atoms with van der Waals surface area (Å²) in [5.41, 5.74) is 1.50. The van der Waals surface area contributed by atoms with Crippen LogP contribution in [0.5, 0.6) is 0 Å². The van der Waals surface area contributed by atoms with Crippen LogP contribution in [0.2, 0.25) is 5.02 Å². The Morgan fingerprint density at radius 3 is 2.75 bits per heavy atom. The zero-order valence-corrected chi connectivity index (χ0v) is 13.2. The number of carbonyl (C=O) groups excluding carboxylic acids is 2. The minimum atomic E-state index is -0.177. The average molecular weight is 342 g/mol. The van der Waals surface area contributed by atoms with E-state index < -0.39 is 0 Å². The van der Waals surface area contributed by atoms with Crippen LogP contribution < -0.4 is 0 Å². The maximum Gasteiger partial charge on any atom is 0.293 e. The van der Waals surface area contributed by atoms with Crippen LogP contribution in [-0.2, 0) is 16.1 Å². The van der Waals surface area contributed by atoms with Crippen LogP contribution in [0.15, 0.2) is 54.9 Å². The standard InChI is InChI=1S/C17H12ClN3O3/c18-13-6-7-15(21-10-19-20-16(21)9-24-11-22)14(8-13)17(23)12-4-2-1-3-5-12/h1-8,10-11H,9H2. The summed E-state index contributed by atoms with van der Waals surface area (Å²) in [7, 11) is 0. The predicted molar refractivity (Wildman–Crippen MR) is 87.1 cm³/mol. The summed E-state index contributed by atoms with van der Waals surface area (Å²) in [6.45, 7) is 0.280. The molecule has 1 heterocycles. The largest absolute Gasteiger partial charge is 0.460 e. The highest BCUT2D eigenvalue weighted by Crippen LogP contribution is 2.23. The molecule has 0 fully saturated rings. The Hall–Kier alpha value is -2.99. The first-order valence-electron chi connectivity index (χ1n) is 7.04. The lowest BCUT2D eigenvalue weighted by Crippen LogP contribution is -2.10. The van der Waals surface area contributed by atoms with E-state index in [0.717, 1.165) is 0 Å². The second-order valence-corrected chi connectivity index (χ2v) is 5.32. The Labute approximate surface area is 142 Å². The van der Waals surface area contributed by atoms with Crippen molar-refractivity contribution in [1.29, 1.82) is 0 Å². The molecule has 3 aromatic rings. The zero-order chi connectivity index (χ0) is 16.9. The van der Waals surface area contributed by atoms with Gasteiger partial charge in [0.05, 0.1) is 5.69 Å². The van der Waals surface area contributed by atoms with Crippen molar-refractivity contribution in [2.45, 2.75) is 6.61 Å². The summed E-state index contributed by atoms with van der Waals surface area (Å²) in [5, 5.41) is 8.17. The number of ketones is 1. The second kappa shape index (κ2) is 7.06. The SMILES string of the molecule is O=COCc1nncn1-c1ccc(Cl)cc1C(=O)c1ccccc1. The highest BCUT2D eigenvalue weighted by atomic mass is 35.5. The Balaban J connectivity index is 2.08. The Bertz CT molecular complexity index is 878. The molecule has 0 atom stereocenters. The van der Waals surface area contributed by atoms with Crippen molar-refractivity contribution in [1.82, 2.24) is 14.8 Å². The lowest BCUT2D eigenvalue weighted by Gasteiger charge is -2.12. The van der Waals surface area contributed by atoms with Crippen molar-refractivity contribution in [3.05, 3.63) is 76.8 Å². The van der Waals surface area contributed by atoms with Crippen LogP contribution in [-0.4, -0.2) is 27.0 Å². The monoisotopic (exact) mass is 341 g/mol. The van der Waals surface area contributed by atoms with Gasteiger partial charge in [0.1, 0.15) is 6.33 Å². The van der Waals surface area contributed by atoms with E-state index >= 15 is 0 Å². The minimum Gasteiger partial charge on any atom is -0.460 e. The Kier molecular flexibility index (Phi) is 4.67. The van der Waals surface area contributed by atoms with E-state index in [1.54, 1.807) is 47.0 Å². The normalized spacial score (nSPS) is 10.4. The van der Waals surface area contributed by atoms with Crippen LogP contribution in [0.3, 0.4) is 0 Å². The maximum absolute atomic E-state index is 12.8. The molecule has 0 N–H and O–H groups in total. The van der Waals surface area contributed by atoms with Crippen molar-refractivity contribution < 1.29 is 14.3 Å². The molecular weight excluding hydrogens is 330 g/mol. The fourth-order valence-corrected chi connectivity index (χ4v) is 2.48. The molecule has 1 aromatic heterocycles. The predicted octanol–water partition coefficient (Wildman–Crippen LogP) is 2.82. The zero-order valence-electron chi connectivity index (χ0n) is 12.4. The van der Waals surface area contributed by atoms with E-state index in [2.05, 4.69) is 10.2 Å². The van der Waals surface area contributed by atoms with Gasteiger partial charge in [-0.1, -0.05) is 41.9 Å². The van der Waals surface area contributed by atoms with Crippen LogP contribution in [0.25, 0.3) is 5.69 Å². The summed E-state index contributed by atoms with van der Waals surface area (Å²) in [5.74, 6) is 0.218. The lowest BCUT2D eigenvalue weighted by molar-refractivity contribution is -0.130. The van der Waals surface area contributed by atoms with Gasteiger partial charge in [0.2, 0.25) is 0 Å². The molecule has 0 saturated heterocycles. The van der Waals surface area contributed by atoms with Gasteiger partial charge < -0.3 is 4.74 Å². The topological polar surface area (TPSA) is 74.1 Å². The van der Waals surface area contributed by atoms with E-state index in [1.807, 2.05) is 6.07 Å². The van der Waals surface area contributed by atoms with Gasteiger partial charge in [-0.25, -0.2) is 0 Å². The molecule has 7 heteroatoms. The van der Waals surface area contributed by atoms with Gasteiger partial charge in [-0.3, -0.25) is 14.2 Å². The quantitative estimate of drug-likeness (QED) is 0.509. The van der Waals surface area contributed by atoms with E-state index in [-0.39, 0.29) is 12.4 Å². The van der Waals surface area contributed by atoms with E-state index in [4.69, 9.17) is 16.3 Å². The average Bonchev–Trinajstić information content (AvgIpc) is 3.08. The number of halogens is 1. The minimum absolute atomic E-state index is 0.0505. The molecule has 0 unspecified atom stereocenters. The van der Waals surface area contributed by atoms with Crippen molar-refractivity contribution >= 4 is 23.9 Å². The summed E-state index contributed by atoms with van der Waals surface area (Å²) in [6, 6.07) is 13.8. The van der Waals surface area contributed by atoms with Crippen LogP contribution in [0.1, 0.15) is 21.7 Å². The Morgan fingerprint density at radius 1 is 1.21 bits per heavy atom. The molecular formula is C17H12ClN3O3. The molecule has 2 aromatic carbocycles. The van der Waals surface area contributed by atoms with Crippen molar-refractivity contribution in [2.75, 3.05) is 0 Å². The molecule has 0 spiro atoms. The third-order valence-electron chi connectivity index (χ3n) is 3.40. The second-order valence-electron chi connectivity index (χ2n) is 4.88. The van der Waals surface area contributed by atoms with Gasteiger partial charge in [-0.05, 0) is 18.2 Å². The molecule has 0 amide bonds. The molecule has 3 rings (SSSR count). The fourth-order valence-electron chi connectivity index (χ4n) is 2.31. The highest BCUT2D eigenvalue weighted by molar-refractivity contribution is 6.31. The summed E-state index contributed by atoms with van der Waals surface area (Å²) in [6.07, 6.45) is 1.45. The number of hydrogen-bond acceptors (Lipinski definition) is 5. The third kappa shape index (κ3) is 3.18. The van der Waals surface area contributed by atoms with Crippen molar-refractivity contribution in [3.8, 4) is 5.69 Å². The van der Waals surface area contributed by atoms with Crippen molar-refractivity contribution in [2.24, 2.45) is 0 Å². The van der Waals surface area contributed by atoms with Gasteiger partial charge in [0.25, 0.3) is 6.47 Å². The highest BCUT2D eigenvalue weighted by Gasteiger charge is 2.18. The van der Waals surface area contributed by atoms with Gasteiger partial charge in [0, 0.05) is 16.1 Å². The van der Waals surface area contributed by atoms with Gasteiger partial charge in [0.15, 0.2) is 18.2 Å². The smallest absolute Gasteiger partial charge is 0.293 e. The molecule has 0 radical (unpaired) electrons. The molecule has 0 aliphatic carbocycles. The van der Waals surface area contributed by atoms with E-state index in [9.17, 15) is 9.59 Å². The lowest BCUT2D eigenvalue weighted by atomic mass is 10.0. The molecule has 24 heavy (non-hydrogen) atoms. The van der Waals surface area contributed by atoms with Crippen molar-refractivity contribution in [3.63, 3.8) is 0 Å². The number of ether oxygens (including phenoxy) is 1. The van der Waals surface area contributed by atoms with Crippen LogP contribution in [0.4, 0.5) is 0 Å². The number of rotatable bonds is 6. The van der Waals surface area contributed by atoms with E-state index in [1.165, 1.54) is 6.33 Å². The molecule has 0 saturated carbocycles. The summed E-state index contributed by atoms with van der Waals surface area (Å²) < 4.78 is 6.33. The number of hydrogen-bond donors (Lipinski definition) is 0. The van der Waals surface area contributed by atoms with Gasteiger partial charge >= 0.3 is 0 Å². The third-order valence-corrected chi connectivity index (χ3v) is 3.63. The summed E-state index contributed by atoms with van der Waals surface area (Å²) in [4.78, 5) is 23.2. The molecule has 0 bridgehead atoms. The number of aromatic nitrogens is 3. The molecule has 0 aliphatic heterocycles. The Morgan fingerprint density at radius 2 is 2.00 bits per heavy atom. The maximum atomic E-state index is 12.8. The molecule has 120 valence electrons. The number of carbonyl (C=O) groups is 2. The fraction of sp³-hybridized carbons (Fsp3) is 0.0588. The first-order valence-corrected chi connectivity index (χ1v) is 7.42. The van der Waals surface area contributed by atoms with Crippen LogP contribution >= 0.6 is 11.6 Å². The number of nitrogens with zero attached hydrogens (tertiary/aromatic N) is 3. The first kappa shape index (κ1) is 15.9. The first-order chi connectivity index (χ1) is 11.7. The number of benzene rings is 2. The van der Waals surface area contributed by atoms with E-state index in [0.29, 0.717) is 34.1 Å². The van der Waals surface area contributed by atoms with Crippen LogP contribution in [0, 0.1) is 0 Å².